The maximum atomic E-state index is 11.9. The molecule has 1 aliphatic rings. The summed E-state index contributed by atoms with van der Waals surface area (Å²) in [6, 6.07) is 2.49. The molecule has 0 radical (unpaired) electrons. The molecule has 1 fully saturated rings. The van der Waals surface area contributed by atoms with Crippen molar-refractivity contribution in [2.24, 2.45) is 0 Å². The van der Waals surface area contributed by atoms with Gasteiger partial charge in [0.2, 0.25) is 5.91 Å². The Morgan fingerprint density at radius 2 is 2.10 bits per heavy atom. The number of urea groups is 1. The van der Waals surface area contributed by atoms with Crippen LogP contribution < -0.4 is 10.2 Å². The lowest BCUT2D eigenvalue weighted by atomic mass is 10.1. The average Bonchev–Trinajstić information content (AvgIpc) is 2.41. The van der Waals surface area contributed by atoms with Crippen molar-refractivity contribution in [2.75, 3.05) is 18.6 Å². The Morgan fingerprint density at radius 3 is 2.70 bits per heavy atom. The number of amides is 3. The third-order valence-corrected chi connectivity index (χ3v) is 3.48. The topological polar surface area (TPSA) is 75.7 Å². The number of anilines is 1. The summed E-state index contributed by atoms with van der Waals surface area (Å²) in [6.45, 7) is 1.98. The van der Waals surface area contributed by atoms with Crippen molar-refractivity contribution in [3.8, 4) is 0 Å². The first-order chi connectivity index (χ1) is 9.43. The van der Waals surface area contributed by atoms with Crippen molar-refractivity contribution >= 4 is 35.2 Å². The molecule has 0 spiro atoms. The van der Waals surface area contributed by atoms with Crippen LogP contribution in [-0.2, 0) is 9.53 Å². The Balaban J connectivity index is 2.45. The van der Waals surface area contributed by atoms with E-state index in [-0.39, 0.29) is 24.4 Å². The minimum absolute atomic E-state index is 0.200. The number of carbonyl (C=O) groups excluding carboxylic acids is 3. The Bertz CT molecular complexity index is 600. The number of nitrogens with one attached hydrogen (secondary N) is 1. The molecule has 1 N–H and O–H groups in total. The predicted molar refractivity (Wildman–Crippen MR) is 73.0 cm³/mol. The maximum Gasteiger partial charge on any atom is 0.337 e. The quantitative estimate of drug-likeness (QED) is 0.846. The molecule has 0 saturated carbocycles. The van der Waals surface area contributed by atoms with Crippen LogP contribution in [0.2, 0.25) is 5.02 Å². The molecule has 1 heterocycles. The number of ether oxygens (including phenoxy) is 1. The number of hydrogen-bond acceptors (Lipinski definition) is 4. The van der Waals surface area contributed by atoms with E-state index in [1.807, 2.05) is 0 Å². The summed E-state index contributed by atoms with van der Waals surface area (Å²) in [4.78, 5) is 36.0. The molecule has 3 amide bonds. The number of nitrogens with zero attached hydrogens (tertiary/aromatic N) is 1. The Kier molecular flexibility index (Phi) is 3.94. The van der Waals surface area contributed by atoms with Crippen molar-refractivity contribution in [1.82, 2.24) is 5.32 Å². The molecule has 1 aromatic carbocycles. The summed E-state index contributed by atoms with van der Waals surface area (Å²) in [7, 11) is 1.27. The van der Waals surface area contributed by atoms with Crippen molar-refractivity contribution in [3.63, 3.8) is 0 Å². The molecule has 20 heavy (non-hydrogen) atoms. The average molecular weight is 297 g/mol. The second-order valence-corrected chi connectivity index (χ2v) is 4.76. The number of esters is 1. The lowest BCUT2D eigenvalue weighted by Gasteiger charge is -2.28. The fraction of sp³-hybridized carbons (Fsp3) is 0.308. The fourth-order valence-electron chi connectivity index (χ4n) is 1.97. The van der Waals surface area contributed by atoms with Gasteiger partial charge in [-0.25, -0.2) is 9.59 Å². The molecule has 6 nitrogen and oxygen atoms in total. The normalized spacial score (nSPS) is 15.1. The zero-order valence-corrected chi connectivity index (χ0v) is 11.8. The van der Waals surface area contributed by atoms with E-state index < -0.39 is 12.0 Å². The number of halogens is 1. The first kappa shape index (κ1) is 14.3. The van der Waals surface area contributed by atoms with Crippen molar-refractivity contribution in [2.45, 2.75) is 13.3 Å². The van der Waals surface area contributed by atoms with Crippen LogP contribution in [0.3, 0.4) is 0 Å². The summed E-state index contributed by atoms with van der Waals surface area (Å²) in [5.74, 6) is -0.860. The van der Waals surface area contributed by atoms with E-state index in [0.29, 0.717) is 16.3 Å². The molecule has 0 bridgehead atoms. The molecule has 1 aromatic rings. The second kappa shape index (κ2) is 5.50. The molecule has 7 heteroatoms. The highest BCUT2D eigenvalue weighted by Crippen LogP contribution is 2.30. The molecule has 106 valence electrons. The molecular formula is C13H13ClN2O4. The molecular weight excluding hydrogens is 284 g/mol. The van der Waals surface area contributed by atoms with E-state index in [0.717, 1.165) is 0 Å². The van der Waals surface area contributed by atoms with Crippen LogP contribution in [0.4, 0.5) is 10.5 Å². The Morgan fingerprint density at radius 1 is 1.40 bits per heavy atom. The van der Waals surface area contributed by atoms with Gasteiger partial charge in [-0.1, -0.05) is 11.6 Å². The number of hydrogen-bond donors (Lipinski definition) is 1. The second-order valence-electron chi connectivity index (χ2n) is 4.35. The first-order valence-corrected chi connectivity index (χ1v) is 6.31. The largest absolute Gasteiger partial charge is 0.465 e. The van der Waals surface area contributed by atoms with E-state index in [2.05, 4.69) is 10.1 Å². The summed E-state index contributed by atoms with van der Waals surface area (Å²) < 4.78 is 4.65. The van der Waals surface area contributed by atoms with Gasteiger partial charge in [0.15, 0.2) is 0 Å². The first-order valence-electron chi connectivity index (χ1n) is 5.94. The molecule has 1 aliphatic heterocycles. The van der Waals surface area contributed by atoms with Crippen LogP contribution in [0.5, 0.6) is 0 Å². The highest BCUT2D eigenvalue weighted by atomic mass is 35.5. The van der Waals surface area contributed by atoms with E-state index in [1.165, 1.54) is 24.1 Å². The van der Waals surface area contributed by atoms with Gasteiger partial charge >= 0.3 is 12.0 Å². The van der Waals surface area contributed by atoms with Crippen LogP contribution in [0.1, 0.15) is 22.3 Å². The van der Waals surface area contributed by atoms with Gasteiger partial charge in [-0.3, -0.25) is 15.0 Å². The third-order valence-electron chi connectivity index (χ3n) is 3.08. The van der Waals surface area contributed by atoms with Gasteiger partial charge in [-0.15, -0.1) is 0 Å². The highest BCUT2D eigenvalue weighted by molar-refractivity contribution is 6.32. The van der Waals surface area contributed by atoms with E-state index >= 15 is 0 Å². The van der Waals surface area contributed by atoms with Gasteiger partial charge in [-0.2, -0.15) is 0 Å². The molecule has 0 aromatic heterocycles. The molecule has 2 rings (SSSR count). The summed E-state index contributed by atoms with van der Waals surface area (Å²) in [6.07, 6.45) is 0.200. The molecule has 0 atom stereocenters. The van der Waals surface area contributed by atoms with Crippen LogP contribution in [0, 0.1) is 6.92 Å². The summed E-state index contributed by atoms with van der Waals surface area (Å²) >= 11 is 6.08. The fourth-order valence-corrected chi connectivity index (χ4v) is 2.19. The van der Waals surface area contributed by atoms with Crippen molar-refractivity contribution in [1.29, 1.82) is 0 Å². The van der Waals surface area contributed by atoms with Gasteiger partial charge in [-0.05, 0) is 24.6 Å². The number of imide groups is 1. The summed E-state index contributed by atoms with van der Waals surface area (Å²) in [5.41, 5.74) is 1.40. The van der Waals surface area contributed by atoms with Crippen LogP contribution in [0.25, 0.3) is 0 Å². The SMILES string of the molecule is COC(=O)c1cc(Cl)c(C)c(N2CCC(=O)NC2=O)c1. The Hall–Kier alpha value is -2.08. The van der Waals surface area contributed by atoms with Crippen LogP contribution in [0.15, 0.2) is 12.1 Å². The maximum absolute atomic E-state index is 11.9. The minimum atomic E-state index is -0.540. The zero-order valence-electron chi connectivity index (χ0n) is 11.0. The monoisotopic (exact) mass is 296 g/mol. The van der Waals surface area contributed by atoms with Gasteiger partial charge < -0.3 is 4.74 Å². The third kappa shape index (κ3) is 2.60. The number of carbonyl (C=O) groups is 3. The van der Waals surface area contributed by atoms with Gasteiger partial charge in [0.05, 0.1) is 18.4 Å². The lowest BCUT2D eigenvalue weighted by molar-refractivity contribution is -0.120. The number of benzene rings is 1. The van der Waals surface area contributed by atoms with Gasteiger partial charge in [0.1, 0.15) is 0 Å². The number of methoxy groups -OCH3 is 1. The highest BCUT2D eigenvalue weighted by Gasteiger charge is 2.26. The Labute approximate surface area is 120 Å². The smallest absolute Gasteiger partial charge is 0.337 e. The van der Waals surface area contributed by atoms with Crippen LogP contribution >= 0.6 is 11.6 Å². The molecule has 0 aliphatic carbocycles. The van der Waals surface area contributed by atoms with Crippen molar-refractivity contribution in [3.05, 3.63) is 28.3 Å². The summed E-state index contributed by atoms with van der Waals surface area (Å²) in [5, 5.41) is 2.58. The van der Waals surface area contributed by atoms with Crippen LogP contribution in [-0.4, -0.2) is 31.6 Å². The van der Waals surface area contributed by atoms with Gasteiger partial charge in [0.25, 0.3) is 0 Å². The van der Waals surface area contributed by atoms with E-state index in [4.69, 9.17) is 11.6 Å². The van der Waals surface area contributed by atoms with E-state index in [9.17, 15) is 14.4 Å². The zero-order chi connectivity index (χ0) is 14.9. The molecule has 1 saturated heterocycles. The molecule has 0 unspecified atom stereocenters. The lowest BCUT2D eigenvalue weighted by Crippen LogP contribution is -2.49. The van der Waals surface area contributed by atoms with E-state index in [1.54, 1.807) is 6.92 Å². The minimum Gasteiger partial charge on any atom is -0.465 e. The standard InChI is InChI=1S/C13H13ClN2O4/c1-7-9(14)5-8(12(18)20-2)6-10(7)16-4-3-11(17)15-13(16)19/h5-6H,3-4H2,1-2H3,(H,15,17,19). The van der Waals surface area contributed by atoms with Gasteiger partial charge in [0, 0.05) is 18.0 Å². The predicted octanol–water partition coefficient (Wildman–Crippen LogP) is 1.88. The van der Waals surface area contributed by atoms with Crippen molar-refractivity contribution < 1.29 is 19.1 Å². The number of rotatable bonds is 2.